The molecule has 0 aliphatic heterocycles. The summed E-state index contributed by atoms with van der Waals surface area (Å²) in [6.07, 6.45) is 7.75. The lowest BCUT2D eigenvalue weighted by atomic mass is 9.84. The largest absolute Gasteiger partial charge is 0.370 e. The second-order valence-corrected chi connectivity index (χ2v) is 6.35. The lowest BCUT2D eigenvalue weighted by molar-refractivity contribution is 0.309. The van der Waals surface area contributed by atoms with Crippen LogP contribution in [0.25, 0.3) is 0 Å². The minimum absolute atomic E-state index is 0.00694. The molecule has 0 amide bonds. The molecule has 100 valence electrons. The number of aliphatic imine (C=N–C) groups is 1. The first-order valence-electron chi connectivity index (χ1n) is 7.02. The summed E-state index contributed by atoms with van der Waals surface area (Å²) in [5.41, 5.74) is 5.93. The van der Waals surface area contributed by atoms with Gasteiger partial charge in [0.25, 0.3) is 0 Å². The molecule has 0 unspecified atom stereocenters. The maximum absolute atomic E-state index is 5.92. The minimum atomic E-state index is 0.00694. The summed E-state index contributed by atoms with van der Waals surface area (Å²) in [5, 5.41) is 3.23. The van der Waals surface area contributed by atoms with Crippen LogP contribution >= 0.6 is 0 Å². The van der Waals surface area contributed by atoms with Crippen molar-refractivity contribution >= 4 is 5.96 Å². The van der Waals surface area contributed by atoms with Crippen LogP contribution in [-0.4, -0.2) is 17.5 Å². The van der Waals surface area contributed by atoms with Crippen LogP contribution in [0.5, 0.6) is 0 Å². The average molecular weight is 239 g/mol. The Balaban J connectivity index is 2.36. The highest BCUT2D eigenvalue weighted by atomic mass is 15.1. The zero-order valence-corrected chi connectivity index (χ0v) is 11.9. The first kappa shape index (κ1) is 14.3. The van der Waals surface area contributed by atoms with E-state index in [2.05, 4.69) is 38.0 Å². The SMILES string of the molecule is CCCC1CCC(N=C(N)NC(C)(C)C)CC1. The number of nitrogens with one attached hydrogen (secondary N) is 1. The van der Waals surface area contributed by atoms with E-state index in [4.69, 9.17) is 5.73 Å². The van der Waals surface area contributed by atoms with Gasteiger partial charge in [0.2, 0.25) is 0 Å². The van der Waals surface area contributed by atoms with Crippen molar-refractivity contribution in [2.75, 3.05) is 0 Å². The summed E-state index contributed by atoms with van der Waals surface area (Å²) in [6.45, 7) is 8.59. The zero-order valence-electron chi connectivity index (χ0n) is 11.9. The number of guanidine groups is 1. The Hall–Kier alpha value is -0.730. The highest BCUT2D eigenvalue weighted by molar-refractivity contribution is 5.78. The molecule has 0 heterocycles. The van der Waals surface area contributed by atoms with Crippen molar-refractivity contribution in [3.63, 3.8) is 0 Å². The number of nitrogens with zero attached hydrogens (tertiary/aromatic N) is 1. The van der Waals surface area contributed by atoms with Gasteiger partial charge in [-0.1, -0.05) is 19.8 Å². The second kappa shape index (κ2) is 6.27. The van der Waals surface area contributed by atoms with Crippen LogP contribution in [0.4, 0.5) is 0 Å². The van der Waals surface area contributed by atoms with Crippen LogP contribution in [0.3, 0.4) is 0 Å². The predicted molar refractivity (Wildman–Crippen MR) is 75.2 cm³/mol. The van der Waals surface area contributed by atoms with E-state index in [1.165, 1.54) is 38.5 Å². The molecule has 1 aliphatic rings. The van der Waals surface area contributed by atoms with Gasteiger partial charge in [-0.25, -0.2) is 0 Å². The van der Waals surface area contributed by atoms with Crippen molar-refractivity contribution in [1.29, 1.82) is 0 Å². The van der Waals surface area contributed by atoms with Gasteiger partial charge < -0.3 is 11.1 Å². The maximum Gasteiger partial charge on any atom is 0.189 e. The Labute approximate surface area is 106 Å². The Morgan fingerprint density at radius 1 is 1.24 bits per heavy atom. The summed E-state index contributed by atoms with van der Waals surface area (Å²) in [5.74, 6) is 1.54. The van der Waals surface area contributed by atoms with Gasteiger partial charge in [0.1, 0.15) is 0 Å². The fourth-order valence-electron chi connectivity index (χ4n) is 2.58. The Kier molecular flexibility index (Phi) is 5.29. The van der Waals surface area contributed by atoms with E-state index in [0.29, 0.717) is 12.0 Å². The molecule has 0 radical (unpaired) electrons. The smallest absolute Gasteiger partial charge is 0.189 e. The summed E-state index contributed by atoms with van der Waals surface area (Å²) < 4.78 is 0. The first-order chi connectivity index (χ1) is 7.90. The van der Waals surface area contributed by atoms with Crippen molar-refractivity contribution in [1.82, 2.24) is 5.32 Å². The lowest BCUT2D eigenvalue weighted by Crippen LogP contribution is -2.45. The monoisotopic (exact) mass is 239 g/mol. The number of nitrogens with two attached hydrogens (primary N) is 1. The summed E-state index contributed by atoms with van der Waals surface area (Å²) in [6, 6.07) is 0.443. The number of hydrogen-bond donors (Lipinski definition) is 2. The van der Waals surface area contributed by atoms with Crippen LogP contribution < -0.4 is 11.1 Å². The summed E-state index contributed by atoms with van der Waals surface area (Å²) >= 11 is 0. The third-order valence-electron chi connectivity index (χ3n) is 3.34. The third kappa shape index (κ3) is 5.94. The van der Waals surface area contributed by atoms with Crippen LogP contribution in [0.2, 0.25) is 0 Å². The van der Waals surface area contributed by atoms with Crippen molar-refractivity contribution in [2.45, 2.75) is 77.8 Å². The molecule has 17 heavy (non-hydrogen) atoms. The fourth-order valence-corrected chi connectivity index (χ4v) is 2.58. The van der Waals surface area contributed by atoms with Crippen molar-refractivity contribution in [3.05, 3.63) is 0 Å². The van der Waals surface area contributed by atoms with Crippen LogP contribution in [0.1, 0.15) is 66.2 Å². The van der Waals surface area contributed by atoms with Crippen LogP contribution in [0.15, 0.2) is 4.99 Å². The molecule has 0 bridgehead atoms. The first-order valence-corrected chi connectivity index (χ1v) is 7.02. The van der Waals surface area contributed by atoms with E-state index in [1.807, 2.05) is 0 Å². The molecule has 1 rings (SSSR count). The quantitative estimate of drug-likeness (QED) is 0.587. The Bertz CT molecular complexity index is 245. The van der Waals surface area contributed by atoms with Crippen LogP contribution in [-0.2, 0) is 0 Å². The summed E-state index contributed by atoms with van der Waals surface area (Å²) in [7, 11) is 0. The molecule has 0 aromatic rings. The van der Waals surface area contributed by atoms with Crippen molar-refractivity contribution in [3.8, 4) is 0 Å². The van der Waals surface area contributed by atoms with E-state index < -0.39 is 0 Å². The molecule has 3 nitrogen and oxygen atoms in total. The van der Waals surface area contributed by atoms with Crippen LogP contribution in [0, 0.1) is 5.92 Å². The standard InChI is InChI=1S/C14H29N3/c1-5-6-11-7-9-12(10-8-11)16-13(15)17-14(2,3)4/h11-12H,5-10H2,1-4H3,(H3,15,16,17). The van der Waals surface area contributed by atoms with Gasteiger partial charge in [-0.2, -0.15) is 0 Å². The molecular formula is C14H29N3. The van der Waals surface area contributed by atoms with Gasteiger partial charge >= 0.3 is 0 Å². The molecule has 1 aliphatic carbocycles. The Morgan fingerprint density at radius 2 is 1.82 bits per heavy atom. The van der Waals surface area contributed by atoms with Gasteiger partial charge in [-0.3, -0.25) is 4.99 Å². The molecule has 3 heteroatoms. The molecule has 3 N–H and O–H groups in total. The highest BCUT2D eigenvalue weighted by Gasteiger charge is 2.20. The van der Waals surface area contributed by atoms with Gasteiger partial charge in [-0.05, 0) is 52.4 Å². The van der Waals surface area contributed by atoms with Crippen molar-refractivity contribution in [2.24, 2.45) is 16.6 Å². The predicted octanol–water partition coefficient (Wildman–Crippen LogP) is 3.05. The van der Waals surface area contributed by atoms with Gasteiger partial charge in [0.15, 0.2) is 5.96 Å². The fraction of sp³-hybridized carbons (Fsp3) is 0.929. The molecule has 1 saturated carbocycles. The van der Waals surface area contributed by atoms with E-state index in [9.17, 15) is 0 Å². The third-order valence-corrected chi connectivity index (χ3v) is 3.34. The van der Waals surface area contributed by atoms with E-state index >= 15 is 0 Å². The maximum atomic E-state index is 5.92. The highest BCUT2D eigenvalue weighted by Crippen LogP contribution is 2.29. The van der Waals surface area contributed by atoms with E-state index in [0.717, 1.165) is 5.92 Å². The lowest BCUT2D eigenvalue weighted by Gasteiger charge is -2.27. The summed E-state index contributed by atoms with van der Waals surface area (Å²) in [4.78, 5) is 4.60. The normalized spacial score (nSPS) is 26.9. The molecule has 0 aromatic carbocycles. The molecule has 0 spiro atoms. The zero-order chi connectivity index (χ0) is 12.9. The van der Waals surface area contributed by atoms with Gasteiger partial charge in [-0.15, -0.1) is 0 Å². The minimum Gasteiger partial charge on any atom is -0.370 e. The van der Waals surface area contributed by atoms with Gasteiger partial charge in [0.05, 0.1) is 6.04 Å². The van der Waals surface area contributed by atoms with E-state index in [-0.39, 0.29) is 5.54 Å². The topological polar surface area (TPSA) is 50.4 Å². The van der Waals surface area contributed by atoms with E-state index in [1.54, 1.807) is 0 Å². The van der Waals surface area contributed by atoms with Gasteiger partial charge in [0, 0.05) is 5.54 Å². The average Bonchev–Trinajstić information content (AvgIpc) is 2.18. The second-order valence-electron chi connectivity index (χ2n) is 6.35. The molecule has 0 atom stereocenters. The molecular weight excluding hydrogens is 210 g/mol. The molecule has 0 aromatic heterocycles. The number of hydrogen-bond acceptors (Lipinski definition) is 1. The molecule has 0 saturated heterocycles. The van der Waals surface area contributed by atoms with Crippen molar-refractivity contribution < 1.29 is 0 Å². The molecule has 1 fully saturated rings. The Morgan fingerprint density at radius 3 is 2.29 bits per heavy atom. The number of rotatable bonds is 3.